The van der Waals surface area contributed by atoms with Gasteiger partial charge < -0.3 is 4.90 Å². The molecule has 4 atom stereocenters. The van der Waals surface area contributed by atoms with E-state index < -0.39 is 0 Å². The Labute approximate surface area is 119 Å². The van der Waals surface area contributed by atoms with Crippen LogP contribution < -0.4 is 0 Å². The summed E-state index contributed by atoms with van der Waals surface area (Å²) < 4.78 is 0. The van der Waals surface area contributed by atoms with Crippen LogP contribution in [-0.2, 0) is 0 Å². The van der Waals surface area contributed by atoms with Gasteiger partial charge in [-0.2, -0.15) is 5.26 Å². The van der Waals surface area contributed by atoms with E-state index in [0.717, 1.165) is 25.4 Å². The van der Waals surface area contributed by atoms with Gasteiger partial charge in [-0.05, 0) is 52.7 Å². The van der Waals surface area contributed by atoms with Crippen LogP contribution in [-0.4, -0.2) is 49.1 Å². The van der Waals surface area contributed by atoms with E-state index in [9.17, 15) is 5.26 Å². The standard InChI is InChI=1S/C16H31N3/c1-6-14-8-9-15(11-17)16(10-14)19(7-2)13(3)12-18(4)5/h13-16H,6-10,12H2,1-5H3. The number of hydrogen-bond donors (Lipinski definition) is 0. The van der Waals surface area contributed by atoms with Gasteiger partial charge in [0.25, 0.3) is 0 Å². The van der Waals surface area contributed by atoms with Crippen molar-refractivity contribution in [2.24, 2.45) is 11.8 Å². The van der Waals surface area contributed by atoms with Gasteiger partial charge in [0.05, 0.1) is 12.0 Å². The Morgan fingerprint density at radius 1 is 1.26 bits per heavy atom. The van der Waals surface area contributed by atoms with Crippen LogP contribution in [0, 0.1) is 23.2 Å². The summed E-state index contributed by atoms with van der Waals surface area (Å²) in [5.74, 6) is 1.04. The summed E-state index contributed by atoms with van der Waals surface area (Å²) in [4.78, 5) is 4.81. The minimum absolute atomic E-state index is 0.229. The van der Waals surface area contributed by atoms with Gasteiger partial charge in [0.1, 0.15) is 0 Å². The van der Waals surface area contributed by atoms with Crippen LogP contribution in [0.2, 0.25) is 0 Å². The Morgan fingerprint density at radius 3 is 2.42 bits per heavy atom. The first-order valence-corrected chi connectivity index (χ1v) is 7.83. The molecule has 0 aliphatic heterocycles. The smallest absolute Gasteiger partial charge is 0.0672 e. The number of nitriles is 1. The molecule has 0 bridgehead atoms. The molecule has 19 heavy (non-hydrogen) atoms. The van der Waals surface area contributed by atoms with E-state index in [1.54, 1.807) is 0 Å². The normalized spacial score (nSPS) is 29.5. The van der Waals surface area contributed by atoms with Gasteiger partial charge in [0, 0.05) is 18.6 Å². The molecular formula is C16H31N3. The quantitative estimate of drug-likeness (QED) is 0.739. The molecule has 1 aliphatic carbocycles. The molecular weight excluding hydrogens is 234 g/mol. The van der Waals surface area contributed by atoms with Crippen molar-refractivity contribution in [2.75, 3.05) is 27.2 Å². The van der Waals surface area contributed by atoms with Crippen LogP contribution in [0.15, 0.2) is 0 Å². The third-order valence-electron chi connectivity index (χ3n) is 4.66. The summed E-state index contributed by atoms with van der Waals surface area (Å²) in [6.07, 6.45) is 4.80. The van der Waals surface area contributed by atoms with Crippen molar-refractivity contribution in [1.29, 1.82) is 5.26 Å². The Morgan fingerprint density at radius 2 is 1.95 bits per heavy atom. The van der Waals surface area contributed by atoms with Crippen LogP contribution in [0.5, 0.6) is 0 Å². The second-order valence-electron chi connectivity index (χ2n) is 6.33. The Hall–Kier alpha value is -0.590. The molecule has 0 radical (unpaired) electrons. The number of hydrogen-bond acceptors (Lipinski definition) is 3. The van der Waals surface area contributed by atoms with Gasteiger partial charge in [-0.25, -0.2) is 0 Å². The number of nitrogens with zero attached hydrogens (tertiary/aromatic N) is 3. The lowest BCUT2D eigenvalue weighted by Crippen LogP contribution is -2.50. The molecule has 0 spiro atoms. The molecule has 0 aromatic rings. The van der Waals surface area contributed by atoms with Gasteiger partial charge >= 0.3 is 0 Å². The van der Waals surface area contributed by atoms with Gasteiger partial charge in [-0.3, -0.25) is 4.90 Å². The lowest BCUT2D eigenvalue weighted by molar-refractivity contribution is 0.0615. The monoisotopic (exact) mass is 265 g/mol. The maximum absolute atomic E-state index is 9.44. The SMILES string of the molecule is CCC1CCC(C#N)C(N(CC)C(C)CN(C)C)C1. The zero-order chi connectivity index (χ0) is 14.4. The fourth-order valence-electron chi connectivity index (χ4n) is 3.63. The third-order valence-corrected chi connectivity index (χ3v) is 4.66. The molecule has 0 aromatic heterocycles. The minimum Gasteiger partial charge on any atom is -0.308 e. The highest BCUT2D eigenvalue weighted by molar-refractivity contribution is 4.98. The average molecular weight is 265 g/mol. The first-order valence-electron chi connectivity index (χ1n) is 7.83. The zero-order valence-corrected chi connectivity index (χ0v) is 13.4. The molecule has 3 heteroatoms. The van der Waals surface area contributed by atoms with E-state index in [0.29, 0.717) is 12.1 Å². The molecule has 0 heterocycles. The van der Waals surface area contributed by atoms with Gasteiger partial charge in [0.15, 0.2) is 0 Å². The van der Waals surface area contributed by atoms with Crippen molar-refractivity contribution in [3.8, 4) is 6.07 Å². The molecule has 0 N–H and O–H groups in total. The summed E-state index contributed by atoms with van der Waals surface area (Å²) in [7, 11) is 4.25. The van der Waals surface area contributed by atoms with Crippen molar-refractivity contribution >= 4 is 0 Å². The molecule has 0 amide bonds. The lowest BCUT2D eigenvalue weighted by Gasteiger charge is -2.43. The molecule has 4 unspecified atom stereocenters. The lowest BCUT2D eigenvalue weighted by atomic mass is 9.76. The van der Waals surface area contributed by atoms with Crippen LogP contribution >= 0.6 is 0 Å². The molecule has 0 aromatic carbocycles. The topological polar surface area (TPSA) is 30.3 Å². The Balaban J connectivity index is 2.77. The highest BCUT2D eigenvalue weighted by atomic mass is 15.2. The second kappa shape index (κ2) is 7.87. The maximum Gasteiger partial charge on any atom is 0.0672 e. The summed E-state index contributed by atoms with van der Waals surface area (Å²) >= 11 is 0. The molecule has 110 valence electrons. The predicted octanol–water partition coefficient (Wildman–Crippen LogP) is 2.98. The van der Waals surface area contributed by atoms with E-state index in [4.69, 9.17) is 0 Å². The van der Waals surface area contributed by atoms with Crippen molar-refractivity contribution < 1.29 is 0 Å². The minimum atomic E-state index is 0.229. The molecule has 0 saturated heterocycles. The summed E-state index contributed by atoms with van der Waals surface area (Å²) in [5.41, 5.74) is 0. The van der Waals surface area contributed by atoms with E-state index in [2.05, 4.69) is 50.7 Å². The first-order chi connectivity index (χ1) is 9.03. The molecule has 1 aliphatic rings. The Kier molecular flexibility index (Phi) is 6.82. The third kappa shape index (κ3) is 4.47. The fourth-order valence-corrected chi connectivity index (χ4v) is 3.63. The van der Waals surface area contributed by atoms with Gasteiger partial charge in [-0.1, -0.05) is 20.3 Å². The molecule has 1 saturated carbocycles. The number of likely N-dealkylation sites (N-methyl/N-ethyl adjacent to an activating group) is 2. The van der Waals surface area contributed by atoms with Crippen molar-refractivity contribution in [3.05, 3.63) is 0 Å². The van der Waals surface area contributed by atoms with Crippen LogP contribution in [0.4, 0.5) is 0 Å². The van der Waals surface area contributed by atoms with E-state index >= 15 is 0 Å². The highest BCUT2D eigenvalue weighted by Crippen LogP contribution is 2.34. The Bertz CT molecular complexity index is 295. The molecule has 1 fully saturated rings. The van der Waals surface area contributed by atoms with E-state index in [1.807, 2.05) is 0 Å². The van der Waals surface area contributed by atoms with Gasteiger partial charge in [0.2, 0.25) is 0 Å². The summed E-state index contributed by atoms with van der Waals surface area (Å²) in [6, 6.07) is 3.55. The largest absolute Gasteiger partial charge is 0.308 e. The molecule has 1 rings (SSSR count). The van der Waals surface area contributed by atoms with Crippen molar-refractivity contribution in [3.63, 3.8) is 0 Å². The highest BCUT2D eigenvalue weighted by Gasteiger charge is 2.35. The van der Waals surface area contributed by atoms with Crippen LogP contribution in [0.25, 0.3) is 0 Å². The second-order valence-corrected chi connectivity index (χ2v) is 6.33. The molecule has 3 nitrogen and oxygen atoms in total. The van der Waals surface area contributed by atoms with Gasteiger partial charge in [-0.15, -0.1) is 0 Å². The average Bonchev–Trinajstić information content (AvgIpc) is 2.38. The zero-order valence-electron chi connectivity index (χ0n) is 13.4. The van der Waals surface area contributed by atoms with Crippen molar-refractivity contribution in [2.45, 2.75) is 58.5 Å². The van der Waals surface area contributed by atoms with Crippen molar-refractivity contribution in [1.82, 2.24) is 9.80 Å². The first kappa shape index (κ1) is 16.5. The summed E-state index contributed by atoms with van der Waals surface area (Å²) in [5, 5.41) is 9.44. The van der Waals surface area contributed by atoms with Crippen LogP contribution in [0.1, 0.15) is 46.5 Å². The van der Waals surface area contributed by atoms with E-state index in [-0.39, 0.29) is 5.92 Å². The number of rotatable bonds is 6. The summed E-state index contributed by atoms with van der Waals surface area (Å²) in [6.45, 7) is 8.94. The predicted molar refractivity (Wildman–Crippen MR) is 80.9 cm³/mol. The maximum atomic E-state index is 9.44. The van der Waals surface area contributed by atoms with E-state index in [1.165, 1.54) is 19.3 Å². The fraction of sp³-hybridized carbons (Fsp3) is 0.938. The van der Waals surface area contributed by atoms with Crippen LogP contribution in [0.3, 0.4) is 0 Å².